The number of rotatable bonds is 1. The molecule has 0 aromatic carbocycles. The zero-order valence-corrected chi connectivity index (χ0v) is 8.52. The van der Waals surface area contributed by atoms with Crippen LogP contribution >= 0.6 is 22.6 Å². The molecule has 0 spiro atoms. The second-order valence-electron chi connectivity index (χ2n) is 2.22. The Morgan fingerprint density at radius 3 is 3.17 bits per heavy atom. The maximum Gasteiger partial charge on any atom is 0.239 e. The van der Waals surface area contributed by atoms with Crippen LogP contribution in [0.2, 0.25) is 0 Å². The van der Waals surface area contributed by atoms with Crippen LogP contribution in [-0.4, -0.2) is 21.7 Å². The van der Waals surface area contributed by atoms with Crippen molar-refractivity contribution in [2.24, 2.45) is 0 Å². The predicted octanol–water partition coefficient (Wildman–Crippen LogP) is 1.34. The summed E-state index contributed by atoms with van der Waals surface area (Å²) in [5.74, 6) is 0.605. The Balaban J connectivity index is 2.82. The van der Waals surface area contributed by atoms with Crippen LogP contribution in [0.15, 0.2) is 18.5 Å². The molecule has 0 bridgehead atoms. The van der Waals surface area contributed by atoms with E-state index in [-0.39, 0.29) is 0 Å². The lowest BCUT2D eigenvalue weighted by Crippen LogP contribution is -1.97. The molecular weight excluding hydrogens is 269 g/mol. The van der Waals surface area contributed by atoms with Gasteiger partial charge in [-0.05, 0) is 28.7 Å². The van der Waals surface area contributed by atoms with Crippen LogP contribution in [0.1, 0.15) is 0 Å². The molecule has 2 aromatic heterocycles. The molecule has 0 atom stereocenters. The summed E-state index contributed by atoms with van der Waals surface area (Å²) in [5.41, 5.74) is 0.893. The molecule has 2 heterocycles. The number of ether oxygens (including phenoxy) is 1. The quantitative estimate of drug-likeness (QED) is 0.737. The second-order valence-corrected chi connectivity index (χ2v) is 3.32. The highest BCUT2D eigenvalue weighted by Gasteiger charge is 2.05. The minimum atomic E-state index is 0.605. The van der Waals surface area contributed by atoms with Crippen LogP contribution in [0, 0.1) is 3.70 Å². The summed E-state index contributed by atoms with van der Waals surface area (Å²) in [7, 11) is 1.60. The summed E-state index contributed by atoms with van der Waals surface area (Å²) in [6, 6.07) is 1.87. The van der Waals surface area contributed by atoms with E-state index in [2.05, 4.69) is 32.7 Å². The number of aromatic nitrogens is 3. The van der Waals surface area contributed by atoms with Gasteiger partial charge >= 0.3 is 0 Å². The lowest BCUT2D eigenvalue weighted by molar-refractivity contribution is 0.400. The lowest BCUT2D eigenvalue weighted by atomic mass is 10.5. The Morgan fingerprint density at radius 1 is 1.58 bits per heavy atom. The van der Waals surface area contributed by atoms with E-state index in [4.69, 9.17) is 4.74 Å². The zero-order chi connectivity index (χ0) is 8.55. The van der Waals surface area contributed by atoms with Crippen molar-refractivity contribution in [3.05, 3.63) is 22.2 Å². The first-order chi connectivity index (χ1) is 5.83. The maximum atomic E-state index is 5.07. The number of methoxy groups -OCH3 is 1. The molecule has 0 saturated carbocycles. The van der Waals surface area contributed by atoms with Gasteiger partial charge < -0.3 is 4.74 Å². The fourth-order valence-corrected chi connectivity index (χ4v) is 1.55. The van der Waals surface area contributed by atoms with Crippen molar-refractivity contribution in [3.63, 3.8) is 0 Å². The van der Waals surface area contributed by atoms with Gasteiger partial charge in [0, 0.05) is 0 Å². The molecule has 12 heavy (non-hydrogen) atoms. The van der Waals surface area contributed by atoms with Crippen molar-refractivity contribution in [1.82, 2.24) is 14.6 Å². The van der Waals surface area contributed by atoms with Crippen molar-refractivity contribution in [2.75, 3.05) is 7.11 Å². The Hall–Kier alpha value is -0.850. The molecule has 5 heteroatoms. The van der Waals surface area contributed by atoms with Crippen molar-refractivity contribution in [1.29, 1.82) is 0 Å². The largest absolute Gasteiger partial charge is 0.479 e. The van der Waals surface area contributed by atoms with E-state index in [1.54, 1.807) is 24.0 Å². The molecule has 0 aliphatic rings. The van der Waals surface area contributed by atoms with Crippen molar-refractivity contribution >= 4 is 28.1 Å². The Bertz CT molecular complexity index is 412. The zero-order valence-electron chi connectivity index (χ0n) is 6.36. The van der Waals surface area contributed by atoms with E-state index in [1.165, 1.54) is 0 Å². The minimum absolute atomic E-state index is 0.605. The van der Waals surface area contributed by atoms with Crippen molar-refractivity contribution in [3.8, 4) is 5.88 Å². The first kappa shape index (κ1) is 7.78. The summed E-state index contributed by atoms with van der Waals surface area (Å²) in [5, 5.41) is 4.12. The molecule has 0 amide bonds. The topological polar surface area (TPSA) is 39.4 Å². The van der Waals surface area contributed by atoms with Crippen LogP contribution in [0.25, 0.3) is 5.52 Å². The minimum Gasteiger partial charge on any atom is -0.479 e. The Kier molecular flexibility index (Phi) is 1.87. The van der Waals surface area contributed by atoms with Gasteiger partial charge in [0.05, 0.1) is 19.5 Å². The molecule has 0 aliphatic carbocycles. The standard InChI is InChI=1S/C7H6IN3O/c1-12-7-5-2-3-10-11(5)6(8)4-9-7/h2-4H,1H3. The van der Waals surface area contributed by atoms with Gasteiger partial charge in [0.2, 0.25) is 5.88 Å². The summed E-state index contributed by atoms with van der Waals surface area (Å²) in [6.07, 6.45) is 3.45. The average molecular weight is 275 g/mol. The molecule has 2 aromatic rings. The summed E-state index contributed by atoms with van der Waals surface area (Å²) in [4.78, 5) is 4.11. The highest BCUT2D eigenvalue weighted by atomic mass is 127. The van der Waals surface area contributed by atoms with Crippen molar-refractivity contribution in [2.45, 2.75) is 0 Å². The molecule has 0 saturated heterocycles. The lowest BCUT2D eigenvalue weighted by Gasteiger charge is -2.01. The first-order valence-corrected chi connectivity index (χ1v) is 4.43. The smallest absolute Gasteiger partial charge is 0.239 e. The van der Waals surface area contributed by atoms with Gasteiger partial charge in [0.1, 0.15) is 9.22 Å². The third-order valence-corrected chi connectivity index (χ3v) is 2.28. The van der Waals surface area contributed by atoms with Gasteiger partial charge in [-0.25, -0.2) is 9.50 Å². The van der Waals surface area contributed by atoms with E-state index >= 15 is 0 Å². The van der Waals surface area contributed by atoms with Gasteiger partial charge in [0.15, 0.2) is 0 Å². The van der Waals surface area contributed by atoms with E-state index in [0.717, 1.165) is 9.22 Å². The number of nitrogens with zero attached hydrogens (tertiary/aromatic N) is 3. The Labute approximate surface area is 82.7 Å². The highest BCUT2D eigenvalue weighted by molar-refractivity contribution is 14.1. The first-order valence-electron chi connectivity index (χ1n) is 3.35. The third-order valence-electron chi connectivity index (χ3n) is 1.55. The van der Waals surface area contributed by atoms with Crippen LogP contribution in [0.5, 0.6) is 5.88 Å². The van der Waals surface area contributed by atoms with Crippen LogP contribution < -0.4 is 4.74 Å². The van der Waals surface area contributed by atoms with Gasteiger partial charge in [-0.1, -0.05) is 0 Å². The fourth-order valence-electron chi connectivity index (χ4n) is 1.03. The third kappa shape index (κ3) is 1.04. The monoisotopic (exact) mass is 275 g/mol. The van der Waals surface area contributed by atoms with E-state index in [1.807, 2.05) is 6.07 Å². The number of fused-ring (bicyclic) bond motifs is 1. The van der Waals surface area contributed by atoms with Gasteiger partial charge in [-0.2, -0.15) is 5.10 Å². The molecule has 0 aliphatic heterocycles. The molecule has 4 nitrogen and oxygen atoms in total. The SMILES string of the molecule is COc1ncc(I)n2nccc12. The van der Waals surface area contributed by atoms with Gasteiger partial charge in [-0.3, -0.25) is 0 Å². The van der Waals surface area contributed by atoms with Crippen molar-refractivity contribution < 1.29 is 4.74 Å². The van der Waals surface area contributed by atoms with Crippen LogP contribution in [0.4, 0.5) is 0 Å². The molecule has 0 N–H and O–H groups in total. The molecular formula is C7H6IN3O. The second kappa shape index (κ2) is 2.89. The molecule has 2 rings (SSSR count). The van der Waals surface area contributed by atoms with Crippen LogP contribution in [0.3, 0.4) is 0 Å². The van der Waals surface area contributed by atoms with E-state index in [9.17, 15) is 0 Å². The summed E-state index contributed by atoms with van der Waals surface area (Å²) >= 11 is 2.17. The fraction of sp³-hybridized carbons (Fsp3) is 0.143. The molecule has 0 fully saturated rings. The average Bonchev–Trinajstić information content (AvgIpc) is 2.54. The van der Waals surface area contributed by atoms with Gasteiger partial charge in [0.25, 0.3) is 0 Å². The van der Waals surface area contributed by atoms with E-state index < -0.39 is 0 Å². The maximum absolute atomic E-state index is 5.07. The number of hydrogen-bond acceptors (Lipinski definition) is 3. The Morgan fingerprint density at radius 2 is 2.42 bits per heavy atom. The highest BCUT2D eigenvalue weighted by Crippen LogP contribution is 2.17. The summed E-state index contributed by atoms with van der Waals surface area (Å²) < 4.78 is 7.82. The number of halogens is 1. The molecule has 62 valence electrons. The van der Waals surface area contributed by atoms with Crippen LogP contribution in [-0.2, 0) is 0 Å². The summed E-state index contributed by atoms with van der Waals surface area (Å²) in [6.45, 7) is 0. The molecule has 0 radical (unpaired) electrons. The van der Waals surface area contributed by atoms with Gasteiger partial charge in [-0.15, -0.1) is 0 Å². The number of hydrogen-bond donors (Lipinski definition) is 0. The predicted molar refractivity (Wildman–Crippen MR) is 52.3 cm³/mol. The normalized spacial score (nSPS) is 10.5. The van der Waals surface area contributed by atoms with E-state index in [0.29, 0.717) is 5.88 Å². The molecule has 0 unspecified atom stereocenters.